The molecule has 24 heavy (non-hydrogen) atoms. The van der Waals surface area contributed by atoms with Crippen LogP contribution >= 0.6 is 11.8 Å². The summed E-state index contributed by atoms with van der Waals surface area (Å²) in [4.78, 5) is 39.1. The molecule has 1 saturated carbocycles. The average Bonchev–Trinajstić information content (AvgIpc) is 3.19. The van der Waals surface area contributed by atoms with Crippen molar-refractivity contribution in [2.24, 2.45) is 5.92 Å². The van der Waals surface area contributed by atoms with Crippen LogP contribution in [-0.2, 0) is 11.3 Å². The Morgan fingerprint density at radius 2 is 2.04 bits per heavy atom. The Morgan fingerprint density at radius 3 is 2.71 bits per heavy atom. The van der Waals surface area contributed by atoms with Gasteiger partial charge in [0.15, 0.2) is 0 Å². The number of benzene rings is 1. The van der Waals surface area contributed by atoms with Crippen molar-refractivity contribution in [3.05, 3.63) is 35.4 Å². The first-order chi connectivity index (χ1) is 11.5. The maximum absolute atomic E-state index is 12.6. The average molecular weight is 346 g/mol. The van der Waals surface area contributed by atoms with Crippen LogP contribution in [0.2, 0.25) is 0 Å². The van der Waals surface area contributed by atoms with E-state index in [1.54, 1.807) is 17.0 Å². The van der Waals surface area contributed by atoms with Crippen LogP contribution in [0.5, 0.6) is 0 Å². The van der Waals surface area contributed by atoms with E-state index in [2.05, 4.69) is 0 Å². The third kappa shape index (κ3) is 3.80. The van der Waals surface area contributed by atoms with E-state index < -0.39 is 0 Å². The van der Waals surface area contributed by atoms with Gasteiger partial charge in [-0.15, -0.1) is 0 Å². The van der Waals surface area contributed by atoms with Gasteiger partial charge in [0, 0.05) is 19.2 Å². The highest BCUT2D eigenvalue weighted by atomic mass is 32.2. The van der Waals surface area contributed by atoms with Gasteiger partial charge in [-0.25, -0.2) is 0 Å². The number of carbonyl (C=O) groups is 3. The molecular weight excluding hydrogens is 324 g/mol. The third-order valence-corrected chi connectivity index (χ3v) is 5.57. The van der Waals surface area contributed by atoms with Crippen molar-refractivity contribution in [3.63, 3.8) is 0 Å². The number of imide groups is 1. The van der Waals surface area contributed by atoms with Crippen molar-refractivity contribution in [1.82, 2.24) is 9.80 Å². The quantitative estimate of drug-likeness (QED) is 0.822. The lowest BCUT2D eigenvalue weighted by Crippen LogP contribution is -2.31. The Morgan fingerprint density at radius 1 is 1.29 bits per heavy atom. The van der Waals surface area contributed by atoms with Gasteiger partial charge >= 0.3 is 0 Å². The summed E-state index contributed by atoms with van der Waals surface area (Å²) in [6, 6.07) is 7.23. The highest BCUT2D eigenvalue weighted by Gasteiger charge is 2.30. The zero-order valence-corrected chi connectivity index (χ0v) is 14.7. The number of carbonyl (C=O) groups excluding carboxylic acids is 3. The van der Waals surface area contributed by atoms with Crippen LogP contribution < -0.4 is 0 Å². The van der Waals surface area contributed by atoms with Crippen LogP contribution in [0.25, 0.3) is 0 Å². The van der Waals surface area contributed by atoms with Crippen molar-refractivity contribution in [1.29, 1.82) is 0 Å². The van der Waals surface area contributed by atoms with Gasteiger partial charge in [-0.1, -0.05) is 36.7 Å². The largest absolute Gasteiger partial charge is 0.341 e. The molecule has 0 atom stereocenters. The van der Waals surface area contributed by atoms with Crippen LogP contribution in [-0.4, -0.2) is 46.2 Å². The molecule has 2 aliphatic rings. The van der Waals surface area contributed by atoms with Crippen molar-refractivity contribution >= 4 is 28.8 Å². The molecule has 0 aromatic heterocycles. The summed E-state index contributed by atoms with van der Waals surface area (Å²) >= 11 is 1.03. The fraction of sp³-hybridized carbons (Fsp3) is 0.500. The van der Waals surface area contributed by atoms with Gasteiger partial charge in [-0.05, 0) is 36.5 Å². The molecule has 2 fully saturated rings. The predicted octanol–water partition coefficient (Wildman–Crippen LogP) is 3.14. The standard InChI is InChI=1S/C18H22N2O3S/c1-19(10-13-5-2-3-6-13)17(22)15-8-4-7-14(9-15)11-20-16(21)12-24-18(20)23/h4,7-9,13H,2-3,5-6,10-12H2,1H3. The summed E-state index contributed by atoms with van der Waals surface area (Å²) in [5.41, 5.74) is 1.42. The fourth-order valence-corrected chi connectivity index (χ4v) is 4.13. The van der Waals surface area contributed by atoms with Crippen molar-refractivity contribution in [2.45, 2.75) is 32.2 Å². The minimum absolute atomic E-state index is 0.00259. The maximum atomic E-state index is 12.6. The number of nitrogens with zero attached hydrogens (tertiary/aromatic N) is 2. The third-order valence-electron chi connectivity index (χ3n) is 4.71. The van der Waals surface area contributed by atoms with E-state index >= 15 is 0 Å². The second-order valence-electron chi connectivity index (χ2n) is 6.57. The van der Waals surface area contributed by atoms with E-state index in [1.165, 1.54) is 30.6 Å². The molecule has 0 bridgehead atoms. The summed E-state index contributed by atoms with van der Waals surface area (Å²) in [5, 5.41) is -0.213. The molecule has 1 aromatic carbocycles. The predicted molar refractivity (Wildman–Crippen MR) is 93.8 cm³/mol. The molecule has 1 saturated heterocycles. The molecule has 1 heterocycles. The van der Waals surface area contributed by atoms with Gasteiger partial charge in [-0.3, -0.25) is 19.3 Å². The van der Waals surface area contributed by atoms with E-state index in [0.717, 1.165) is 23.9 Å². The lowest BCUT2D eigenvalue weighted by atomic mass is 10.1. The van der Waals surface area contributed by atoms with Gasteiger partial charge < -0.3 is 4.90 Å². The summed E-state index contributed by atoms with van der Waals surface area (Å²) < 4.78 is 0. The molecule has 0 spiro atoms. The van der Waals surface area contributed by atoms with E-state index in [9.17, 15) is 14.4 Å². The summed E-state index contributed by atoms with van der Waals surface area (Å²) in [6.45, 7) is 1.03. The molecule has 3 rings (SSSR count). The molecule has 1 aliphatic carbocycles. The lowest BCUT2D eigenvalue weighted by Gasteiger charge is -2.21. The Bertz CT molecular complexity index is 639. The molecule has 3 amide bonds. The Labute approximate surface area is 146 Å². The molecular formula is C18H22N2O3S. The molecule has 6 heteroatoms. The smallest absolute Gasteiger partial charge is 0.289 e. The first-order valence-electron chi connectivity index (χ1n) is 8.36. The van der Waals surface area contributed by atoms with E-state index in [1.807, 2.05) is 19.2 Å². The Balaban J connectivity index is 1.66. The first-order valence-corrected chi connectivity index (χ1v) is 9.34. The highest BCUT2D eigenvalue weighted by Crippen LogP contribution is 2.26. The molecule has 0 radical (unpaired) electrons. The molecule has 1 aliphatic heterocycles. The normalized spacial score (nSPS) is 18.5. The summed E-state index contributed by atoms with van der Waals surface area (Å²) in [6.07, 6.45) is 4.93. The summed E-state index contributed by atoms with van der Waals surface area (Å²) in [7, 11) is 1.84. The first kappa shape index (κ1) is 17.0. The summed E-state index contributed by atoms with van der Waals surface area (Å²) in [5.74, 6) is 0.651. The number of hydrogen-bond donors (Lipinski definition) is 0. The van der Waals surface area contributed by atoms with Gasteiger partial charge in [-0.2, -0.15) is 0 Å². The van der Waals surface area contributed by atoms with Gasteiger partial charge in [0.1, 0.15) is 0 Å². The van der Waals surface area contributed by atoms with Gasteiger partial charge in [0.05, 0.1) is 12.3 Å². The van der Waals surface area contributed by atoms with Crippen LogP contribution in [0.4, 0.5) is 4.79 Å². The van der Waals surface area contributed by atoms with Crippen LogP contribution in [0, 0.1) is 5.92 Å². The fourth-order valence-electron chi connectivity index (χ4n) is 3.40. The molecule has 1 aromatic rings. The van der Waals surface area contributed by atoms with Crippen LogP contribution in [0.1, 0.15) is 41.6 Å². The molecule has 0 unspecified atom stereocenters. The monoisotopic (exact) mass is 346 g/mol. The van der Waals surface area contributed by atoms with E-state index in [-0.39, 0.29) is 29.4 Å². The Hall–Kier alpha value is -1.82. The minimum Gasteiger partial charge on any atom is -0.341 e. The highest BCUT2D eigenvalue weighted by molar-refractivity contribution is 8.14. The Kier molecular flexibility index (Phi) is 5.23. The maximum Gasteiger partial charge on any atom is 0.289 e. The number of rotatable bonds is 5. The number of amides is 3. The molecule has 128 valence electrons. The zero-order chi connectivity index (χ0) is 17.1. The minimum atomic E-state index is -0.213. The van der Waals surface area contributed by atoms with Crippen LogP contribution in [0.3, 0.4) is 0 Å². The second kappa shape index (κ2) is 7.38. The molecule has 0 N–H and O–H groups in total. The molecule has 5 nitrogen and oxygen atoms in total. The van der Waals surface area contributed by atoms with E-state index in [0.29, 0.717) is 11.5 Å². The second-order valence-corrected chi connectivity index (χ2v) is 7.50. The number of hydrogen-bond acceptors (Lipinski definition) is 4. The zero-order valence-electron chi connectivity index (χ0n) is 13.9. The lowest BCUT2D eigenvalue weighted by molar-refractivity contribution is -0.125. The van der Waals surface area contributed by atoms with Crippen molar-refractivity contribution in [2.75, 3.05) is 19.3 Å². The van der Waals surface area contributed by atoms with E-state index in [4.69, 9.17) is 0 Å². The van der Waals surface area contributed by atoms with Crippen molar-refractivity contribution in [3.8, 4) is 0 Å². The van der Waals surface area contributed by atoms with Crippen LogP contribution in [0.15, 0.2) is 24.3 Å². The van der Waals surface area contributed by atoms with Gasteiger partial charge in [0.2, 0.25) is 5.91 Å². The number of thioether (sulfide) groups is 1. The van der Waals surface area contributed by atoms with Crippen molar-refractivity contribution < 1.29 is 14.4 Å². The topological polar surface area (TPSA) is 57.7 Å². The SMILES string of the molecule is CN(CC1CCCC1)C(=O)c1cccc(CN2C(=O)CSC2=O)c1. The van der Waals surface area contributed by atoms with Gasteiger partial charge in [0.25, 0.3) is 11.1 Å².